The molecule has 1 atom stereocenters. The number of hydrogen-bond acceptors (Lipinski definition) is 3. The Morgan fingerprint density at radius 2 is 1.71 bits per heavy atom. The van der Waals surface area contributed by atoms with Gasteiger partial charge < -0.3 is 9.72 Å². The van der Waals surface area contributed by atoms with Crippen LogP contribution in [0.3, 0.4) is 0 Å². The smallest absolute Gasteiger partial charge is 0.338 e. The van der Waals surface area contributed by atoms with Gasteiger partial charge >= 0.3 is 5.97 Å². The SMILES string of the molecule is CCOC(=O)c1ccc(N2C(=O)c3ccccc3[C@H]2c2c(C)[nH]c3ccccc23)cc1. The van der Waals surface area contributed by atoms with Crippen LogP contribution in [-0.2, 0) is 4.74 Å². The van der Waals surface area contributed by atoms with E-state index in [2.05, 4.69) is 11.1 Å². The summed E-state index contributed by atoms with van der Waals surface area (Å²) in [5.41, 5.74) is 6.05. The van der Waals surface area contributed by atoms with E-state index >= 15 is 0 Å². The van der Waals surface area contributed by atoms with Crippen molar-refractivity contribution in [2.45, 2.75) is 19.9 Å². The molecular weight excluding hydrogens is 388 g/mol. The van der Waals surface area contributed by atoms with Crippen LogP contribution in [-0.4, -0.2) is 23.5 Å². The maximum atomic E-state index is 13.5. The highest BCUT2D eigenvalue weighted by atomic mass is 16.5. The maximum absolute atomic E-state index is 13.5. The van der Waals surface area contributed by atoms with Crippen molar-refractivity contribution < 1.29 is 14.3 Å². The Kier molecular flexibility index (Phi) is 4.59. The van der Waals surface area contributed by atoms with Crippen LogP contribution in [0.15, 0.2) is 72.8 Å². The fourth-order valence-electron chi connectivity index (χ4n) is 4.49. The average molecular weight is 410 g/mol. The van der Waals surface area contributed by atoms with Gasteiger partial charge in [-0.25, -0.2) is 4.79 Å². The lowest BCUT2D eigenvalue weighted by molar-refractivity contribution is 0.0526. The van der Waals surface area contributed by atoms with Crippen LogP contribution >= 0.6 is 0 Å². The number of nitrogens with zero attached hydrogens (tertiary/aromatic N) is 1. The van der Waals surface area contributed by atoms with Gasteiger partial charge in [0.05, 0.1) is 18.2 Å². The Morgan fingerprint density at radius 1 is 1.00 bits per heavy atom. The summed E-state index contributed by atoms with van der Waals surface area (Å²) in [7, 11) is 0. The molecule has 0 unspecified atom stereocenters. The Labute approximate surface area is 180 Å². The summed E-state index contributed by atoms with van der Waals surface area (Å²) in [6.45, 7) is 4.14. The zero-order valence-corrected chi connectivity index (χ0v) is 17.4. The number of para-hydroxylation sites is 1. The normalized spacial score (nSPS) is 15.4. The molecule has 1 aliphatic rings. The topological polar surface area (TPSA) is 62.4 Å². The predicted molar refractivity (Wildman–Crippen MR) is 121 cm³/mol. The van der Waals surface area contributed by atoms with Gasteiger partial charge in [-0.3, -0.25) is 9.69 Å². The molecular formula is C26H22N2O3. The van der Waals surface area contributed by atoms with E-state index in [0.29, 0.717) is 17.7 Å². The second-order valence-corrected chi connectivity index (χ2v) is 7.64. The minimum absolute atomic E-state index is 0.0471. The van der Waals surface area contributed by atoms with Gasteiger partial charge in [0, 0.05) is 33.4 Å². The Bertz CT molecular complexity index is 1300. The number of amides is 1. The zero-order chi connectivity index (χ0) is 21.5. The first-order valence-electron chi connectivity index (χ1n) is 10.4. The molecule has 0 fully saturated rings. The van der Waals surface area contributed by atoms with Crippen molar-refractivity contribution in [2.24, 2.45) is 0 Å². The number of ether oxygens (including phenoxy) is 1. The van der Waals surface area contributed by atoms with Crippen LogP contribution in [0, 0.1) is 6.92 Å². The van der Waals surface area contributed by atoms with Crippen molar-refractivity contribution in [2.75, 3.05) is 11.5 Å². The summed E-state index contributed by atoms with van der Waals surface area (Å²) in [5.74, 6) is -0.414. The minimum atomic E-state index is -0.367. The van der Waals surface area contributed by atoms with E-state index in [1.54, 1.807) is 19.1 Å². The van der Waals surface area contributed by atoms with Crippen molar-refractivity contribution in [3.63, 3.8) is 0 Å². The lowest BCUT2D eigenvalue weighted by Gasteiger charge is -2.26. The summed E-state index contributed by atoms with van der Waals surface area (Å²) in [6, 6.07) is 22.7. The van der Waals surface area contributed by atoms with Crippen LogP contribution in [0.1, 0.15) is 50.5 Å². The number of fused-ring (bicyclic) bond motifs is 2. The number of aromatic amines is 1. The van der Waals surface area contributed by atoms with Gasteiger partial charge in [-0.15, -0.1) is 0 Å². The number of anilines is 1. The summed E-state index contributed by atoms with van der Waals surface area (Å²) in [4.78, 5) is 30.8. The predicted octanol–water partition coefficient (Wildman–Crippen LogP) is 5.40. The van der Waals surface area contributed by atoms with Gasteiger partial charge in [-0.1, -0.05) is 36.4 Å². The quantitative estimate of drug-likeness (QED) is 0.458. The highest BCUT2D eigenvalue weighted by molar-refractivity contribution is 6.12. The minimum Gasteiger partial charge on any atom is -0.462 e. The van der Waals surface area contributed by atoms with Crippen LogP contribution < -0.4 is 4.90 Å². The van der Waals surface area contributed by atoms with Crippen LogP contribution in [0.2, 0.25) is 0 Å². The van der Waals surface area contributed by atoms with Gasteiger partial charge in [-0.2, -0.15) is 0 Å². The average Bonchev–Trinajstić information content (AvgIpc) is 3.27. The van der Waals surface area contributed by atoms with Gasteiger partial charge in [0.2, 0.25) is 0 Å². The van der Waals surface area contributed by atoms with Crippen LogP contribution in [0.4, 0.5) is 5.69 Å². The number of aromatic nitrogens is 1. The Balaban J connectivity index is 1.66. The third-order valence-electron chi connectivity index (χ3n) is 5.84. The summed E-state index contributed by atoms with van der Waals surface area (Å²) >= 11 is 0. The zero-order valence-electron chi connectivity index (χ0n) is 17.4. The molecule has 0 bridgehead atoms. The number of hydrogen-bond donors (Lipinski definition) is 1. The Hall–Kier alpha value is -3.86. The van der Waals surface area contributed by atoms with Crippen LogP contribution in [0.5, 0.6) is 0 Å². The van der Waals surface area contributed by atoms with E-state index < -0.39 is 0 Å². The lowest BCUT2D eigenvalue weighted by atomic mass is 9.95. The fraction of sp³-hybridized carbons (Fsp3) is 0.154. The summed E-state index contributed by atoms with van der Waals surface area (Å²) < 4.78 is 5.09. The van der Waals surface area contributed by atoms with Gasteiger partial charge in [0.25, 0.3) is 5.91 Å². The molecule has 1 N–H and O–H groups in total. The number of nitrogens with one attached hydrogen (secondary N) is 1. The molecule has 31 heavy (non-hydrogen) atoms. The monoisotopic (exact) mass is 410 g/mol. The first kappa shape index (κ1) is 19.1. The van der Waals surface area contributed by atoms with Crippen LogP contribution in [0.25, 0.3) is 10.9 Å². The third-order valence-corrected chi connectivity index (χ3v) is 5.84. The number of benzene rings is 3. The molecule has 5 heteroatoms. The molecule has 154 valence electrons. The van der Waals surface area contributed by atoms with Gasteiger partial charge in [0.1, 0.15) is 0 Å². The highest BCUT2D eigenvalue weighted by Crippen LogP contribution is 2.44. The number of H-pyrrole nitrogens is 1. The molecule has 1 aliphatic heterocycles. The third kappa shape index (κ3) is 3.01. The molecule has 1 amide bonds. The standard InChI is InChI=1S/C26H22N2O3/c1-3-31-26(30)17-12-14-18(15-13-17)28-24(19-8-4-5-9-20(19)25(28)29)23-16(2)27-22-11-7-6-10-21(22)23/h4-15,24,27H,3H2,1-2H3/t24-/m0/s1. The van der Waals surface area contributed by atoms with E-state index in [1.807, 2.05) is 66.4 Å². The fourth-order valence-corrected chi connectivity index (χ4v) is 4.49. The molecule has 1 aromatic heterocycles. The molecule has 0 aliphatic carbocycles. The number of rotatable bonds is 4. The molecule has 0 saturated carbocycles. The van der Waals surface area contributed by atoms with Crippen molar-refractivity contribution in [3.05, 3.63) is 101 Å². The van der Waals surface area contributed by atoms with Crippen molar-refractivity contribution in [1.82, 2.24) is 4.98 Å². The van der Waals surface area contributed by atoms with E-state index in [0.717, 1.165) is 33.4 Å². The van der Waals surface area contributed by atoms with Crippen molar-refractivity contribution >= 4 is 28.5 Å². The van der Waals surface area contributed by atoms with E-state index in [1.165, 1.54) is 0 Å². The van der Waals surface area contributed by atoms with Crippen molar-refractivity contribution in [1.29, 1.82) is 0 Å². The second kappa shape index (κ2) is 7.43. The first-order chi connectivity index (χ1) is 15.1. The van der Waals surface area contributed by atoms with E-state index in [9.17, 15) is 9.59 Å². The summed E-state index contributed by atoms with van der Waals surface area (Å²) in [5, 5.41) is 1.10. The Morgan fingerprint density at radius 3 is 2.48 bits per heavy atom. The summed E-state index contributed by atoms with van der Waals surface area (Å²) in [6.07, 6.45) is 0. The number of carbonyl (C=O) groups is 2. The molecule has 5 rings (SSSR count). The largest absolute Gasteiger partial charge is 0.462 e. The molecule has 2 heterocycles. The molecule has 3 aromatic carbocycles. The second-order valence-electron chi connectivity index (χ2n) is 7.64. The van der Waals surface area contributed by atoms with Crippen molar-refractivity contribution in [3.8, 4) is 0 Å². The number of carbonyl (C=O) groups excluding carboxylic acids is 2. The first-order valence-corrected chi connectivity index (χ1v) is 10.4. The highest BCUT2D eigenvalue weighted by Gasteiger charge is 2.40. The lowest BCUT2D eigenvalue weighted by Crippen LogP contribution is -2.28. The molecule has 4 aromatic rings. The number of esters is 1. The van der Waals surface area contributed by atoms with Gasteiger partial charge in [0.15, 0.2) is 0 Å². The molecule has 5 nitrogen and oxygen atoms in total. The maximum Gasteiger partial charge on any atom is 0.338 e. The molecule has 0 radical (unpaired) electrons. The van der Waals surface area contributed by atoms with Gasteiger partial charge in [-0.05, 0) is 55.8 Å². The van der Waals surface area contributed by atoms with E-state index in [-0.39, 0.29) is 17.9 Å². The molecule has 0 spiro atoms. The number of aryl methyl sites for hydroxylation is 1. The molecule has 0 saturated heterocycles. The van der Waals surface area contributed by atoms with E-state index in [4.69, 9.17) is 4.74 Å².